The number of hydrogen-bond acceptors (Lipinski definition) is 2. The Morgan fingerprint density at radius 3 is 1.11 bits per heavy atom. The monoisotopic (exact) mass is 198 g/mol. The molecule has 9 heavy (non-hydrogen) atoms. The molecule has 9 N–H and O–H groups in total. The molecule has 0 bridgehead atoms. The van der Waals surface area contributed by atoms with Crippen molar-refractivity contribution < 1.29 is 49.3 Å². The first kappa shape index (κ1) is 74.7. The molecule has 1 radical (unpaired) electrons. The maximum absolute atomic E-state index is 8.36. The number of hydrogen-bond donors (Lipinski definition) is 1. The summed E-state index contributed by atoms with van der Waals surface area (Å²) in [6.45, 7) is 0. The van der Waals surface area contributed by atoms with Crippen molar-refractivity contribution in [1.29, 1.82) is 0 Å². The van der Waals surface area contributed by atoms with E-state index in [0.29, 0.717) is 0 Å². The Bertz CT molecular complexity index is 31.9. The molecule has 0 aromatic rings. The van der Waals surface area contributed by atoms with Crippen molar-refractivity contribution >= 4 is 0 Å². The zero-order valence-corrected chi connectivity index (χ0v) is 4.95. The fourth-order valence-corrected chi connectivity index (χ4v) is 0. The van der Waals surface area contributed by atoms with Gasteiger partial charge in [-0.3, -0.25) is 0 Å². The van der Waals surface area contributed by atoms with Gasteiger partial charge in [0.25, 0.3) is 5.09 Å². The summed E-state index contributed by atoms with van der Waals surface area (Å²) >= 11 is 0. The van der Waals surface area contributed by atoms with Gasteiger partial charge in [0.05, 0.1) is 0 Å². The van der Waals surface area contributed by atoms with Crippen LogP contribution >= 0.6 is 0 Å². The molecular weight excluding hydrogens is 190 g/mol. The molecule has 0 aliphatic heterocycles. The van der Waals surface area contributed by atoms with Crippen molar-refractivity contribution in [2.24, 2.45) is 0 Å². The predicted molar refractivity (Wildman–Crippen MR) is 23.2 cm³/mol. The molecule has 0 rings (SSSR count). The van der Waals surface area contributed by atoms with Crippen molar-refractivity contribution in [2.45, 2.75) is 0 Å². The zero-order chi connectivity index (χ0) is 3.58. The molecule has 0 unspecified atom stereocenters. The third kappa shape index (κ3) is 1200. The van der Waals surface area contributed by atoms with Crippen molar-refractivity contribution in [1.82, 2.24) is 0 Å². The van der Waals surface area contributed by atoms with Crippen LogP contribution < -0.4 is 0 Å². The minimum atomic E-state index is -1.50. The second-order valence-electron chi connectivity index (χ2n) is 0.238. The van der Waals surface area contributed by atoms with Gasteiger partial charge < -0.3 is 27.1 Å². The van der Waals surface area contributed by atoms with Crippen LogP contribution in [0.3, 0.4) is 0 Å². The first-order chi connectivity index (χ1) is 1.73. The van der Waals surface area contributed by atoms with Crippen molar-refractivity contribution in [3.05, 3.63) is 10.1 Å². The van der Waals surface area contributed by atoms with Gasteiger partial charge >= 0.3 is 0 Å². The largest absolute Gasteiger partial charge is 0.412 e. The fraction of sp³-hybridized carbons (Fsp3) is 0. The van der Waals surface area contributed by atoms with Gasteiger partial charge in [-0.1, -0.05) is 0 Å². The van der Waals surface area contributed by atoms with E-state index in [2.05, 4.69) is 0 Å². The Morgan fingerprint density at radius 1 is 1.11 bits per heavy atom. The van der Waals surface area contributed by atoms with E-state index in [1.807, 2.05) is 0 Å². The topological polar surface area (TPSA) is 189 Å². The SMILES string of the molecule is O.O.O.O.O=[N+]([O-])O.[Cu]. The van der Waals surface area contributed by atoms with Crippen LogP contribution in [-0.2, 0) is 17.1 Å². The molecule has 0 fully saturated rings. The Balaban J connectivity index is -0.00000000450. The molecule has 0 atom stereocenters. The van der Waals surface area contributed by atoms with Gasteiger partial charge in [-0.05, 0) is 0 Å². The Kier molecular flexibility index (Phi) is 412. The third-order valence-corrected chi connectivity index (χ3v) is 0. The molecule has 0 amide bonds. The molecule has 67 valence electrons. The van der Waals surface area contributed by atoms with Crippen LogP contribution in [-0.4, -0.2) is 32.2 Å². The predicted octanol–water partition coefficient (Wildman–Crippen LogP) is -3.65. The van der Waals surface area contributed by atoms with Crippen LogP contribution in [0.4, 0.5) is 0 Å². The fourth-order valence-electron chi connectivity index (χ4n) is 0. The van der Waals surface area contributed by atoms with Gasteiger partial charge in [0.1, 0.15) is 0 Å². The van der Waals surface area contributed by atoms with E-state index in [1.54, 1.807) is 0 Å². The summed E-state index contributed by atoms with van der Waals surface area (Å²) in [4.78, 5) is 8.36. The smallest absolute Gasteiger partial charge is 0.291 e. The van der Waals surface area contributed by atoms with Crippen LogP contribution in [0, 0.1) is 10.1 Å². The van der Waals surface area contributed by atoms with E-state index >= 15 is 0 Å². The van der Waals surface area contributed by atoms with E-state index in [9.17, 15) is 0 Å². The first-order valence-corrected chi connectivity index (χ1v) is 0.565. The van der Waals surface area contributed by atoms with Crippen molar-refractivity contribution in [3.63, 3.8) is 0 Å². The van der Waals surface area contributed by atoms with Crippen molar-refractivity contribution in [2.75, 3.05) is 0 Å². The van der Waals surface area contributed by atoms with Gasteiger partial charge in [0.15, 0.2) is 0 Å². The zero-order valence-electron chi connectivity index (χ0n) is 4.01. The summed E-state index contributed by atoms with van der Waals surface area (Å²) in [5.41, 5.74) is 0. The van der Waals surface area contributed by atoms with Crippen LogP contribution in [0.25, 0.3) is 0 Å². The summed E-state index contributed by atoms with van der Waals surface area (Å²) in [5.74, 6) is 0. The summed E-state index contributed by atoms with van der Waals surface area (Å²) < 4.78 is 0. The van der Waals surface area contributed by atoms with Gasteiger partial charge in [0, 0.05) is 17.1 Å². The number of nitrogens with zero attached hydrogens (tertiary/aromatic N) is 1. The second kappa shape index (κ2) is 49.7. The Labute approximate surface area is 60.3 Å². The van der Waals surface area contributed by atoms with E-state index in [1.165, 1.54) is 0 Å². The molecule has 9 heteroatoms. The summed E-state index contributed by atoms with van der Waals surface area (Å²) in [6.07, 6.45) is 0. The average molecular weight is 199 g/mol. The van der Waals surface area contributed by atoms with Gasteiger partial charge in [-0.15, -0.1) is 10.1 Å². The minimum Gasteiger partial charge on any atom is -0.412 e. The van der Waals surface area contributed by atoms with Crippen LogP contribution in [0.1, 0.15) is 0 Å². The summed E-state index contributed by atoms with van der Waals surface area (Å²) in [5, 5.41) is 13.6. The minimum absolute atomic E-state index is 0. The molecule has 0 saturated heterocycles. The van der Waals surface area contributed by atoms with Crippen molar-refractivity contribution in [3.8, 4) is 0 Å². The standard InChI is InChI=1S/Cu.HNO3.4H2O/c;2-1(3)4;;;;/h;(H,2,3,4);4*1H2. The van der Waals surface area contributed by atoms with Gasteiger partial charge in [0.2, 0.25) is 0 Å². The van der Waals surface area contributed by atoms with Gasteiger partial charge in [-0.25, -0.2) is 0 Å². The van der Waals surface area contributed by atoms with Gasteiger partial charge in [-0.2, -0.15) is 0 Å². The molecule has 0 aromatic carbocycles. The number of rotatable bonds is 0. The normalized spacial score (nSPS) is 2.67. The third-order valence-electron chi connectivity index (χ3n) is 0. The summed E-state index contributed by atoms with van der Waals surface area (Å²) in [7, 11) is 0. The quantitative estimate of drug-likeness (QED) is 0.239. The maximum Gasteiger partial charge on any atom is 0.291 e. The molecule has 0 heterocycles. The van der Waals surface area contributed by atoms with Crippen LogP contribution in [0.15, 0.2) is 0 Å². The maximum atomic E-state index is 8.36. The average Bonchev–Trinajstić information content (AvgIpc) is 0.811. The summed E-state index contributed by atoms with van der Waals surface area (Å²) in [6, 6.07) is 0. The van der Waals surface area contributed by atoms with Crippen LogP contribution in [0.2, 0.25) is 0 Å². The molecule has 0 aromatic heterocycles. The Morgan fingerprint density at radius 2 is 1.11 bits per heavy atom. The van der Waals surface area contributed by atoms with E-state index in [4.69, 9.17) is 15.3 Å². The molecular formula is H9CuNO7. The molecule has 8 nitrogen and oxygen atoms in total. The second-order valence-corrected chi connectivity index (χ2v) is 0.238. The molecule has 0 aliphatic carbocycles. The first-order valence-electron chi connectivity index (χ1n) is 0.565. The molecule has 0 saturated carbocycles. The van der Waals surface area contributed by atoms with Crippen LogP contribution in [0.5, 0.6) is 0 Å². The van der Waals surface area contributed by atoms with E-state index in [0.717, 1.165) is 0 Å². The Hall–Kier alpha value is -0.441. The molecule has 0 aliphatic rings. The van der Waals surface area contributed by atoms with E-state index in [-0.39, 0.29) is 39.0 Å². The van der Waals surface area contributed by atoms with E-state index < -0.39 is 5.09 Å². The molecule has 0 spiro atoms.